The quantitative estimate of drug-likeness (QED) is 0.902. The van der Waals surface area contributed by atoms with Crippen molar-refractivity contribution in [3.63, 3.8) is 0 Å². The molecule has 0 bridgehead atoms. The normalized spacial score (nSPS) is 18.1. The first-order valence-electron chi connectivity index (χ1n) is 7.57. The molecule has 3 rings (SSSR count). The van der Waals surface area contributed by atoms with E-state index in [2.05, 4.69) is 33.0 Å². The number of hydrogen-bond donors (Lipinski definition) is 1. The highest BCUT2D eigenvalue weighted by Gasteiger charge is 2.20. The third-order valence-corrected chi connectivity index (χ3v) is 4.94. The van der Waals surface area contributed by atoms with E-state index in [0.717, 1.165) is 17.4 Å². The smallest absolute Gasteiger partial charge is 0.203 e. The Labute approximate surface area is 124 Å². The van der Waals surface area contributed by atoms with Gasteiger partial charge in [-0.2, -0.15) is 0 Å². The van der Waals surface area contributed by atoms with Gasteiger partial charge in [-0.1, -0.05) is 26.2 Å². The van der Waals surface area contributed by atoms with Crippen molar-refractivity contribution in [3.8, 4) is 0 Å². The molecule has 2 aromatic rings. The summed E-state index contributed by atoms with van der Waals surface area (Å²) in [4.78, 5) is 8.99. The molecule has 0 amide bonds. The lowest BCUT2D eigenvalue weighted by Gasteiger charge is -2.25. The Kier molecular flexibility index (Phi) is 4.35. The van der Waals surface area contributed by atoms with Crippen molar-refractivity contribution < 1.29 is 0 Å². The zero-order valence-electron chi connectivity index (χ0n) is 12.0. The largest absolute Gasteiger partial charge is 0.353 e. The van der Waals surface area contributed by atoms with Crippen molar-refractivity contribution in [3.05, 3.63) is 29.0 Å². The lowest BCUT2D eigenvalue weighted by Crippen LogP contribution is -2.25. The lowest BCUT2D eigenvalue weighted by molar-refractivity contribution is 0.456. The standard InChI is InChI=1S/C15H22N4S/c1-2-13(14-16-9-11-20-14)19-10-8-17-15(19)18-12-6-4-3-5-7-12/h8-13H,2-7H2,1H3,(H,17,18). The van der Waals surface area contributed by atoms with E-state index in [1.807, 2.05) is 17.8 Å². The highest BCUT2D eigenvalue weighted by molar-refractivity contribution is 7.09. The number of anilines is 1. The van der Waals surface area contributed by atoms with Crippen LogP contribution in [0.15, 0.2) is 24.0 Å². The van der Waals surface area contributed by atoms with Crippen LogP contribution in [0.25, 0.3) is 0 Å². The molecule has 1 unspecified atom stereocenters. The van der Waals surface area contributed by atoms with Crippen LogP contribution >= 0.6 is 11.3 Å². The first-order chi connectivity index (χ1) is 9.88. The van der Waals surface area contributed by atoms with Gasteiger partial charge in [-0.05, 0) is 19.3 Å². The molecule has 0 spiro atoms. The van der Waals surface area contributed by atoms with Crippen LogP contribution in [-0.2, 0) is 0 Å². The molecule has 5 heteroatoms. The van der Waals surface area contributed by atoms with E-state index in [0.29, 0.717) is 12.1 Å². The van der Waals surface area contributed by atoms with E-state index in [-0.39, 0.29) is 0 Å². The molecular weight excluding hydrogens is 268 g/mol. The van der Waals surface area contributed by atoms with E-state index in [4.69, 9.17) is 0 Å². The van der Waals surface area contributed by atoms with Crippen molar-refractivity contribution in [2.24, 2.45) is 0 Å². The highest BCUT2D eigenvalue weighted by atomic mass is 32.1. The summed E-state index contributed by atoms with van der Waals surface area (Å²) in [5, 5.41) is 6.84. The monoisotopic (exact) mass is 290 g/mol. The van der Waals surface area contributed by atoms with E-state index in [1.165, 1.54) is 32.1 Å². The maximum Gasteiger partial charge on any atom is 0.203 e. The third kappa shape index (κ3) is 2.87. The second-order valence-corrected chi connectivity index (χ2v) is 6.36. The van der Waals surface area contributed by atoms with Gasteiger partial charge in [0.2, 0.25) is 5.95 Å². The van der Waals surface area contributed by atoms with E-state index < -0.39 is 0 Å². The summed E-state index contributed by atoms with van der Waals surface area (Å²) in [7, 11) is 0. The number of hydrogen-bond acceptors (Lipinski definition) is 4. The molecule has 2 heterocycles. The van der Waals surface area contributed by atoms with Crippen LogP contribution in [0.3, 0.4) is 0 Å². The van der Waals surface area contributed by atoms with Crippen LogP contribution in [0.1, 0.15) is 56.5 Å². The topological polar surface area (TPSA) is 42.7 Å². The lowest BCUT2D eigenvalue weighted by atomic mass is 9.96. The van der Waals surface area contributed by atoms with E-state index in [9.17, 15) is 0 Å². The van der Waals surface area contributed by atoms with Crippen molar-refractivity contribution in [2.75, 3.05) is 5.32 Å². The number of aromatic nitrogens is 3. The van der Waals surface area contributed by atoms with Gasteiger partial charge in [-0.15, -0.1) is 11.3 Å². The van der Waals surface area contributed by atoms with Crippen LogP contribution in [0.2, 0.25) is 0 Å². The second-order valence-electron chi connectivity index (χ2n) is 5.43. The van der Waals surface area contributed by atoms with Crippen LogP contribution < -0.4 is 5.32 Å². The summed E-state index contributed by atoms with van der Waals surface area (Å²) in [5.74, 6) is 0.999. The van der Waals surface area contributed by atoms with Gasteiger partial charge in [0.25, 0.3) is 0 Å². The van der Waals surface area contributed by atoms with Gasteiger partial charge >= 0.3 is 0 Å². The second kappa shape index (κ2) is 6.39. The minimum atomic E-state index is 0.295. The minimum Gasteiger partial charge on any atom is -0.353 e. The van der Waals surface area contributed by atoms with Crippen LogP contribution in [0.4, 0.5) is 5.95 Å². The predicted octanol–water partition coefficient (Wildman–Crippen LogP) is 4.08. The first kappa shape index (κ1) is 13.6. The summed E-state index contributed by atoms with van der Waals surface area (Å²) in [6.07, 6.45) is 13.5. The molecule has 108 valence electrons. The maximum absolute atomic E-state index is 4.52. The molecule has 1 aliphatic rings. The molecule has 4 nitrogen and oxygen atoms in total. The molecule has 2 aromatic heterocycles. The molecular formula is C15H22N4S. The molecule has 1 fully saturated rings. The average Bonchev–Trinajstić information content (AvgIpc) is 3.14. The maximum atomic E-state index is 4.52. The van der Waals surface area contributed by atoms with Gasteiger partial charge < -0.3 is 9.88 Å². The summed E-state index contributed by atoms with van der Waals surface area (Å²) >= 11 is 1.72. The number of imidazole rings is 1. The Balaban J connectivity index is 1.78. The number of nitrogens with zero attached hydrogens (tertiary/aromatic N) is 3. The van der Waals surface area contributed by atoms with Gasteiger partial charge in [0.05, 0.1) is 6.04 Å². The molecule has 1 atom stereocenters. The van der Waals surface area contributed by atoms with Crippen molar-refractivity contribution >= 4 is 17.3 Å². The van der Waals surface area contributed by atoms with Gasteiger partial charge in [-0.3, -0.25) is 0 Å². The van der Waals surface area contributed by atoms with Crippen LogP contribution in [0.5, 0.6) is 0 Å². The predicted molar refractivity (Wildman–Crippen MR) is 83.3 cm³/mol. The molecule has 1 aliphatic carbocycles. The van der Waals surface area contributed by atoms with Crippen molar-refractivity contribution in [2.45, 2.75) is 57.5 Å². The zero-order chi connectivity index (χ0) is 13.8. The fourth-order valence-corrected chi connectivity index (χ4v) is 3.82. The van der Waals surface area contributed by atoms with Crippen LogP contribution in [0, 0.1) is 0 Å². The third-order valence-electron chi connectivity index (χ3n) is 4.07. The fourth-order valence-electron chi connectivity index (χ4n) is 3.00. The summed E-state index contributed by atoms with van der Waals surface area (Å²) in [6, 6.07) is 0.877. The van der Waals surface area contributed by atoms with E-state index in [1.54, 1.807) is 11.3 Å². The Bertz CT molecular complexity index is 514. The molecule has 1 saturated carbocycles. The number of thiazole rings is 1. The summed E-state index contributed by atoms with van der Waals surface area (Å²) in [5.41, 5.74) is 0. The number of rotatable bonds is 5. The summed E-state index contributed by atoms with van der Waals surface area (Å²) in [6.45, 7) is 2.20. The van der Waals surface area contributed by atoms with Gasteiger partial charge in [-0.25, -0.2) is 9.97 Å². The van der Waals surface area contributed by atoms with Crippen LogP contribution in [-0.4, -0.2) is 20.6 Å². The van der Waals surface area contributed by atoms with Crippen molar-refractivity contribution in [1.29, 1.82) is 0 Å². The van der Waals surface area contributed by atoms with Gasteiger partial charge in [0.1, 0.15) is 5.01 Å². The Morgan fingerprint density at radius 3 is 2.85 bits per heavy atom. The van der Waals surface area contributed by atoms with Gasteiger partial charge in [0.15, 0.2) is 0 Å². The molecule has 0 saturated heterocycles. The fraction of sp³-hybridized carbons (Fsp3) is 0.600. The molecule has 0 radical (unpaired) electrons. The van der Waals surface area contributed by atoms with Crippen molar-refractivity contribution in [1.82, 2.24) is 14.5 Å². The molecule has 1 N–H and O–H groups in total. The number of nitrogens with one attached hydrogen (secondary N) is 1. The highest BCUT2D eigenvalue weighted by Crippen LogP contribution is 2.28. The Hall–Kier alpha value is -1.36. The average molecular weight is 290 g/mol. The molecule has 0 aliphatic heterocycles. The zero-order valence-corrected chi connectivity index (χ0v) is 12.8. The molecule has 0 aromatic carbocycles. The van der Waals surface area contributed by atoms with Gasteiger partial charge in [0, 0.05) is 30.0 Å². The SMILES string of the molecule is CCC(c1nccs1)n1ccnc1NC1CCCCC1. The minimum absolute atomic E-state index is 0.295. The van der Waals surface area contributed by atoms with E-state index >= 15 is 0 Å². The summed E-state index contributed by atoms with van der Waals surface area (Å²) < 4.78 is 2.24. The molecule has 20 heavy (non-hydrogen) atoms. The Morgan fingerprint density at radius 2 is 2.15 bits per heavy atom. The first-order valence-corrected chi connectivity index (χ1v) is 8.45. The Morgan fingerprint density at radius 1 is 1.30 bits per heavy atom.